The summed E-state index contributed by atoms with van der Waals surface area (Å²) < 4.78 is 0. The molecule has 1 aliphatic rings. The predicted molar refractivity (Wildman–Crippen MR) is 111 cm³/mol. The normalized spacial score (nSPS) is 14.3. The fourth-order valence-electron chi connectivity index (χ4n) is 3.15. The highest BCUT2D eigenvalue weighted by atomic mass is 27.2. The Bertz CT molecular complexity index is 577. The Morgan fingerprint density at radius 3 is 2.35 bits per heavy atom. The summed E-state index contributed by atoms with van der Waals surface area (Å²) in [6, 6.07) is 0. The molecule has 1 aliphatic heterocycles. The van der Waals surface area contributed by atoms with E-state index in [1.54, 1.807) is 0 Å². The van der Waals surface area contributed by atoms with Crippen molar-refractivity contribution in [3.63, 3.8) is 0 Å². The molecular weight excluding hydrogens is 341 g/mol. The maximum absolute atomic E-state index is 12.9. The minimum atomic E-state index is -0.139. The lowest BCUT2D eigenvalue weighted by atomic mass is 10.0. The van der Waals surface area contributed by atoms with Crippen LogP contribution >= 0.6 is 0 Å². The Morgan fingerprint density at radius 1 is 1.19 bits per heavy atom. The lowest BCUT2D eigenvalue weighted by Crippen LogP contribution is -2.40. The summed E-state index contributed by atoms with van der Waals surface area (Å²) in [6.45, 7) is 10.6. The molecule has 0 aromatic carbocycles. The minimum Gasteiger partial charge on any atom is -0.355 e. The van der Waals surface area contributed by atoms with Crippen LogP contribution in [-0.4, -0.2) is 73.8 Å². The highest BCUT2D eigenvalue weighted by molar-refractivity contribution is 6.54. The highest BCUT2D eigenvalue weighted by Crippen LogP contribution is 2.23. The van der Waals surface area contributed by atoms with Crippen molar-refractivity contribution in [2.75, 3.05) is 32.7 Å². The molecule has 146 valence electrons. The Labute approximate surface area is 163 Å². The lowest BCUT2D eigenvalue weighted by Gasteiger charge is -2.28. The second-order valence-electron chi connectivity index (χ2n) is 7.64. The molecule has 26 heavy (non-hydrogen) atoms. The third-order valence-electron chi connectivity index (χ3n) is 4.67. The van der Waals surface area contributed by atoms with Gasteiger partial charge in [0.15, 0.2) is 6.29 Å². The molecule has 0 aliphatic carbocycles. The van der Waals surface area contributed by atoms with E-state index >= 15 is 0 Å². The van der Waals surface area contributed by atoms with Gasteiger partial charge in [0, 0.05) is 25.3 Å². The van der Waals surface area contributed by atoms with Gasteiger partial charge in [0.1, 0.15) is 0 Å². The second kappa shape index (κ2) is 11.6. The van der Waals surface area contributed by atoms with Gasteiger partial charge < -0.3 is 14.8 Å². The molecular formula is C20H36AlN3O2. The molecule has 0 fully saturated rings. The van der Waals surface area contributed by atoms with Gasteiger partial charge in [-0.1, -0.05) is 13.8 Å². The summed E-state index contributed by atoms with van der Waals surface area (Å²) in [5.41, 5.74) is 2.99. The molecule has 5 nitrogen and oxygen atoms in total. The first-order valence-electron chi connectivity index (χ1n) is 10.0. The number of nitrogens with zero attached hydrogens (tertiary/aromatic N) is 2. The van der Waals surface area contributed by atoms with E-state index in [9.17, 15) is 9.59 Å². The second-order valence-corrected chi connectivity index (χ2v) is 11.1. The number of amides is 1. The van der Waals surface area contributed by atoms with Gasteiger partial charge in [0.2, 0.25) is 0 Å². The maximum Gasteiger partial charge on any atom is 0.256 e. The summed E-state index contributed by atoms with van der Waals surface area (Å²) in [4.78, 5) is 31.4. The minimum absolute atomic E-state index is 0.0729. The van der Waals surface area contributed by atoms with Crippen LogP contribution in [-0.2, 0) is 6.42 Å². The van der Waals surface area contributed by atoms with Crippen LogP contribution < -0.4 is 0 Å². The zero-order chi connectivity index (χ0) is 19.7. The summed E-state index contributed by atoms with van der Waals surface area (Å²) >= 11 is -0.139. The number of fused-ring (bicyclic) bond motifs is 1. The zero-order valence-electron chi connectivity index (χ0n) is 17.5. The van der Waals surface area contributed by atoms with Crippen molar-refractivity contribution >= 4 is 26.3 Å². The van der Waals surface area contributed by atoms with E-state index in [2.05, 4.69) is 41.1 Å². The number of H-pyrrole nitrogens is 1. The first kappa shape index (κ1) is 23.0. The molecule has 2 rings (SSSR count). The number of hydrogen-bond donors (Lipinski definition) is 1. The maximum atomic E-state index is 12.9. The van der Waals surface area contributed by atoms with Crippen molar-refractivity contribution in [3.8, 4) is 0 Å². The van der Waals surface area contributed by atoms with E-state index in [1.807, 2.05) is 11.8 Å². The smallest absolute Gasteiger partial charge is 0.256 e. The molecule has 1 amide bonds. The van der Waals surface area contributed by atoms with Gasteiger partial charge in [0.25, 0.3) is 20.1 Å². The van der Waals surface area contributed by atoms with Gasteiger partial charge in [-0.05, 0) is 44.8 Å². The number of nitrogens with one attached hydrogen (secondary N) is 1. The average molecular weight is 378 g/mol. The van der Waals surface area contributed by atoms with Crippen LogP contribution in [0.1, 0.15) is 58.8 Å². The van der Waals surface area contributed by atoms with Crippen molar-refractivity contribution in [2.45, 2.75) is 57.4 Å². The lowest BCUT2D eigenvalue weighted by molar-refractivity contribution is 0.0728. The van der Waals surface area contributed by atoms with Crippen molar-refractivity contribution < 1.29 is 9.59 Å². The molecule has 0 saturated heterocycles. The highest BCUT2D eigenvalue weighted by Gasteiger charge is 2.26. The largest absolute Gasteiger partial charge is 0.355 e. The number of aromatic nitrogens is 1. The van der Waals surface area contributed by atoms with E-state index in [4.69, 9.17) is 0 Å². The zero-order valence-corrected chi connectivity index (χ0v) is 18.7. The molecule has 0 spiro atoms. The van der Waals surface area contributed by atoms with Crippen molar-refractivity contribution in [1.29, 1.82) is 0 Å². The van der Waals surface area contributed by atoms with Gasteiger partial charge >= 0.3 is 0 Å². The van der Waals surface area contributed by atoms with Gasteiger partial charge in [-0.25, -0.2) is 0 Å². The van der Waals surface area contributed by atoms with E-state index in [0.29, 0.717) is 5.69 Å². The Morgan fingerprint density at radius 2 is 1.81 bits per heavy atom. The molecule has 0 unspecified atom stereocenters. The number of carbonyl (C=O) groups is 2. The van der Waals surface area contributed by atoms with E-state index < -0.39 is 0 Å². The van der Waals surface area contributed by atoms with Gasteiger partial charge in [-0.15, -0.1) is 17.4 Å². The van der Waals surface area contributed by atoms with Crippen LogP contribution in [0.2, 0.25) is 17.4 Å². The van der Waals surface area contributed by atoms with Crippen LogP contribution in [0.3, 0.4) is 0 Å². The fourth-order valence-corrected chi connectivity index (χ4v) is 3.15. The van der Waals surface area contributed by atoms with Crippen LogP contribution in [0.25, 0.3) is 0 Å². The van der Waals surface area contributed by atoms with Crippen LogP contribution in [0.4, 0.5) is 0 Å². The number of aromatic amines is 1. The monoisotopic (exact) mass is 377 g/mol. The third kappa shape index (κ3) is 6.57. The van der Waals surface area contributed by atoms with Crippen LogP contribution in [0, 0.1) is 6.92 Å². The first-order chi connectivity index (χ1) is 12.3. The average Bonchev–Trinajstić information content (AvgIpc) is 2.90. The third-order valence-corrected chi connectivity index (χ3v) is 4.67. The molecule has 1 aromatic rings. The fraction of sp³-hybridized carbons (Fsp3) is 0.700. The number of carbonyl (C=O) groups excluding carboxylic acids is 2. The van der Waals surface area contributed by atoms with E-state index in [1.165, 1.54) is 0 Å². The molecule has 0 atom stereocenters. The summed E-state index contributed by atoms with van der Waals surface area (Å²) in [6.07, 6.45) is 3.71. The van der Waals surface area contributed by atoms with Crippen molar-refractivity contribution in [1.82, 2.24) is 14.8 Å². The Hall–Kier alpha value is -1.09. The molecule has 6 heteroatoms. The number of likely N-dealkylation sites (N-methyl/N-ethyl adjacent to an activating group) is 1. The quantitative estimate of drug-likeness (QED) is 0.608. The summed E-state index contributed by atoms with van der Waals surface area (Å²) in [5.74, 6) is 6.99. The van der Waals surface area contributed by atoms with Gasteiger partial charge in [0.05, 0.1) is 11.3 Å². The molecule has 2 heterocycles. The first-order valence-corrected chi connectivity index (χ1v) is 13.5. The SMILES string of the molecule is CCN(CC)CCN1CCCCc2[nH]c(C=O)c(C)c2C1=O.[CH3][Al]([CH3])[CH3]. The molecule has 1 N–H and O–H groups in total. The number of hydrogen-bond acceptors (Lipinski definition) is 3. The number of rotatable bonds is 6. The number of aldehydes is 1. The molecule has 1 aromatic heterocycles. The van der Waals surface area contributed by atoms with E-state index in [-0.39, 0.29) is 20.1 Å². The predicted octanol–water partition coefficient (Wildman–Crippen LogP) is 3.63. The van der Waals surface area contributed by atoms with Gasteiger partial charge in [-0.2, -0.15) is 0 Å². The molecule has 0 bridgehead atoms. The standard InChI is InChI=1S/C17H27N3O2.3CH3.Al/c1-4-19(5-2)10-11-20-9-7-6-8-14-16(17(20)22)13(3)15(12-21)18-14;;;;/h12,18H,4-11H2,1-3H3;3*1H3;. The summed E-state index contributed by atoms with van der Waals surface area (Å²) in [5, 5.41) is 0. The number of aryl methyl sites for hydroxylation is 1. The van der Waals surface area contributed by atoms with Crippen LogP contribution in [0.15, 0.2) is 0 Å². The molecule has 0 radical (unpaired) electrons. The Balaban J connectivity index is 0.000000765. The Kier molecular flexibility index (Phi) is 10.2. The van der Waals surface area contributed by atoms with Crippen molar-refractivity contribution in [3.05, 3.63) is 22.5 Å². The topological polar surface area (TPSA) is 56.4 Å². The van der Waals surface area contributed by atoms with E-state index in [0.717, 1.165) is 75.1 Å². The molecule has 0 saturated carbocycles. The summed E-state index contributed by atoms with van der Waals surface area (Å²) in [7, 11) is 0. The van der Waals surface area contributed by atoms with Crippen LogP contribution in [0.5, 0.6) is 0 Å². The van der Waals surface area contributed by atoms with Crippen molar-refractivity contribution in [2.24, 2.45) is 0 Å². The van der Waals surface area contributed by atoms with Gasteiger partial charge in [-0.3, -0.25) is 9.59 Å².